The molecule has 0 saturated carbocycles. The maximum absolute atomic E-state index is 9.84. The summed E-state index contributed by atoms with van der Waals surface area (Å²) < 4.78 is 1.91. The van der Waals surface area contributed by atoms with E-state index in [0.717, 1.165) is 38.4 Å². The molecule has 2 atom stereocenters. The Labute approximate surface area is 108 Å². The molecule has 102 valence electrons. The van der Waals surface area contributed by atoms with Gasteiger partial charge in [-0.05, 0) is 27.4 Å². The minimum absolute atomic E-state index is 0.215. The molecule has 1 N–H and O–H groups in total. The molecule has 0 bridgehead atoms. The van der Waals surface area contributed by atoms with Gasteiger partial charge in [0.05, 0.1) is 12.6 Å². The van der Waals surface area contributed by atoms with Gasteiger partial charge < -0.3 is 10.0 Å². The van der Waals surface area contributed by atoms with Gasteiger partial charge in [-0.3, -0.25) is 4.90 Å². The van der Waals surface area contributed by atoms with Gasteiger partial charge in [-0.2, -0.15) is 5.10 Å². The highest BCUT2D eigenvalue weighted by Gasteiger charge is 2.31. The summed E-state index contributed by atoms with van der Waals surface area (Å²) in [5.41, 5.74) is 0. The van der Waals surface area contributed by atoms with Crippen LogP contribution in [-0.4, -0.2) is 69.0 Å². The van der Waals surface area contributed by atoms with Crippen molar-refractivity contribution < 1.29 is 5.11 Å². The summed E-state index contributed by atoms with van der Waals surface area (Å²) in [6, 6.07) is 0.400. The SMILES string of the molecule is CCn1ncnc1CN1CC(O)CC1CN(C)C. The van der Waals surface area contributed by atoms with Crippen LogP contribution in [0, 0.1) is 0 Å². The maximum Gasteiger partial charge on any atom is 0.141 e. The molecule has 1 aliphatic heterocycles. The van der Waals surface area contributed by atoms with Crippen LogP contribution in [0.5, 0.6) is 0 Å². The van der Waals surface area contributed by atoms with Crippen molar-refractivity contribution in [2.24, 2.45) is 0 Å². The number of rotatable bonds is 5. The Balaban J connectivity index is 2.02. The minimum Gasteiger partial charge on any atom is -0.392 e. The monoisotopic (exact) mass is 253 g/mol. The number of aryl methyl sites for hydroxylation is 1. The summed E-state index contributed by atoms with van der Waals surface area (Å²) >= 11 is 0. The van der Waals surface area contributed by atoms with Crippen LogP contribution in [0.3, 0.4) is 0 Å². The molecule has 0 spiro atoms. The fraction of sp³-hybridized carbons (Fsp3) is 0.833. The van der Waals surface area contributed by atoms with E-state index in [1.165, 1.54) is 0 Å². The van der Waals surface area contributed by atoms with Crippen molar-refractivity contribution in [1.82, 2.24) is 24.6 Å². The second kappa shape index (κ2) is 5.77. The third-order valence-corrected chi connectivity index (χ3v) is 3.42. The van der Waals surface area contributed by atoms with E-state index in [-0.39, 0.29) is 6.10 Å². The lowest BCUT2D eigenvalue weighted by molar-refractivity contribution is 0.166. The first kappa shape index (κ1) is 13.5. The Hall–Kier alpha value is -0.980. The fourth-order valence-corrected chi connectivity index (χ4v) is 2.62. The predicted octanol–water partition coefficient (Wildman–Crippen LogP) is -0.205. The van der Waals surface area contributed by atoms with Crippen LogP contribution >= 0.6 is 0 Å². The largest absolute Gasteiger partial charge is 0.392 e. The summed E-state index contributed by atoms with van der Waals surface area (Å²) in [6.45, 7) is 5.37. The lowest BCUT2D eigenvalue weighted by Gasteiger charge is -2.26. The van der Waals surface area contributed by atoms with Crippen LogP contribution < -0.4 is 0 Å². The first-order chi connectivity index (χ1) is 8.60. The van der Waals surface area contributed by atoms with Crippen LogP contribution in [-0.2, 0) is 13.1 Å². The number of aromatic nitrogens is 3. The number of hydrogen-bond acceptors (Lipinski definition) is 5. The molecule has 0 radical (unpaired) electrons. The third kappa shape index (κ3) is 3.07. The number of aliphatic hydroxyl groups is 1. The highest BCUT2D eigenvalue weighted by Crippen LogP contribution is 2.20. The smallest absolute Gasteiger partial charge is 0.141 e. The molecule has 6 heteroatoms. The molecule has 1 aromatic heterocycles. The van der Waals surface area contributed by atoms with Gasteiger partial charge in [-0.25, -0.2) is 9.67 Å². The number of β-amino-alcohol motifs (C(OH)–C–C–N with tert-alkyl or cyclic N) is 1. The number of aliphatic hydroxyl groups excluding tert-OH is 1. The second-order valence-corrected chi connectivity index (χ2v) is 5.23. The number of hydrogen-bond donors (Lipinski definition) is 1. The highest BCUT2D eigenvalue weighted by atomic mass is 16.3. The van der Waals surface area contributed by atoms with E-state index in [0.29, 0.717) is 6.04 Å². The third-order valence-electron chi connectivity index (χ3n) is 3.42. The van der Waals surface area contributed by atoms with Crippen molar-refractivity contribution in [1.29, 1.82) is 0 Å². The summed E-state index contributed by atoms with van der Waals surface area (Å²) in [7, 11) is 4.13. The van der Waals surface area contributed by atoms with Crippen molar-refractivity contribution >= 4 is 0 Å². The molecule has 2 rings (SSSR count). The van der Waals surface area contributed by atoms with Gasteiger partial charge in [0.25, 0.3) is 0 Å². The number of nitrogens with zero attached hydrogens (tertiary/aromatic N) is 5. The fourth-order valence-electron chi connectivity index (χ4n) is 2.62. The Morgan fingerprint density at radius 3 is 2.94 bits per heavy atom. The Morgan fingerprint density at radius 2 is 2.28 bits per heavy atom. The molecule has 1 aromatic rings. The lowest BCUT2D eigenvalue weighted by Crippen LogP contribution is -2.37. The second-order valence-electron chi connectivity index (χ2n) is 5.23. The zero-order valence-corrected chi connectivity index (χ0v) is 11.5. The van der Waals surface area contributed by atoms with Gasteiger partial charge in [-0.15, -0.1) is 0 Å². The first-order valence-electron chi connectivity index (χ1n) is 6.53. The molecule has 2 heterocycles. The van der Waals surface area contributed by atoms with E-state index in [2.05, 4.69) is 40.9 Å². The van der Waals surface area contributed by atoms with E-state index in [1.807, 2.05) is 4.68 Å². The molecule has 1 saturated heterocycles. The van der Waals surface area contributed by atoms with Crippen molar-refractivity contribution in [3.8, 4) is 0 Å². The standard InChI is InChI=1S/C12H23N5O/c1-4-17-12(13-9-14-17)8-16-7-11(18)5-10(16)6-15(2)3/h9-11,18H,4-8H2,1-3H3. The van der Waals surface area contributed by atoms with Crippen LogP contribution in [0.4, 0.5) is 0 Å². The molecule has 0 amide bonds. The van der Waals surface area contributed by atoms with Gasteiger partial charge >= 0.3 is 0 Å². The van der Waals surface area contributed by atoms with E-state index in [9.17, 15) is 5.11 Å². The van der Waals surface area contributed by atoms with Crippen molar-refractivity contribution in [3.63, 3.8) is 0 Å². The Bertz CT molecular complexity index is 378. The Morgan fingerprint density at radius 1 is 1.50 bits per heavy atom. The minimum atomic E-state index is -0.215. The zero-order chi connectivity index (χ0) is 13.1. The van der Waals surface area contributed by atoms with Gasteiger partial charge in [0, 0.05) is 25.7 Å². The van der Waals surface area contributed by atoms with E-state index in [4.69, 9.17) is 0 Å². The van der Waals surface area contributed by atoms with E-state index >= 15 is 0 Å². The normalized spacial score (nSPS) is 25.2. The van der Waals surface area contributed by atoms with E-state index in [1.54, 1.807) is 6.33 Å². The maximum atomic E-state index is 9.84. The molecule has 0 aliphatic carbocycles. The van der Waals surface area contributed by atoms with Gasteiger partial charge in [0.2, 0.25) is 0 Å². The topological polar surface area (TPSA) is 57.4 Å². The summed E-state index contributed by atoms with van der Waals surface area (Å²) in [5, 5.41) is 14.0. The van der Waals surface area contributed by atoms with Gasteiger partial charge in [0.15, 0.2) is 0 Å². The van der Waals surface area contributed by atoms with Crippen molar-refractivity contribution in [3.05, 3.63) is 12.2 Å². The van der Waals surface area contributed by atoms with Crippen LogP contribution in [0.25, 0.3) is 0 Å². The van der Waals surface area contributed by atoms with E-state index < -0.39 is 0 Å². The average Bonchev–Trinajstić information content (AvgIpc) is 2.86. The molecular weight excluding hydrogens is 230 g/mol. The number of likely N-dealkylation sites (tertiary alicyclic amines) is 1. The lowest BCUT2D eigenvalue weighted by atomic mass is 10.2. The molecule has 0 aromatic carbocycles. The molecule has 6 nitrogen and oxygen atoms in total. The van der Waals surface area contributed by atoms with Crippen LogP contribution in [0.15, 0.2) is 6.33 Å². The Kier molecular flexibility index (Phi) is 4.31. The summed E-state index contributed by atoms with van der Waals surface area (Å²) in [6.07, 6.45) is 2.23. The quantitative estimate of drug-likeness (QED) is 0.787. The van der Waals surface area contributed by atoms with Crippen LogP contribution in [0.1, 0.15) is 19.2 Å². The van der Waals surface area contributed by atoms with Crippen LogP contribution in [0.2, 0.25) is 0 Å². The average molecular weight is 253 g/mol. The molecule has 2 unspecified atom stereocenters. The van der Waals surface area contributed by atoms with Crippen molar-refractivity contribution in [2.45, 2.75) is 38.6 Å². The number of likely N-dealkylation sites (N-methyl/N-ethyl adjacent to an activating group) is 1. The summed E-state index contributed by atoms with van der Waals surface area (Å²) in [5.74, 6) is 0.982. The zero-order valence-electron chi connectivity index (χ0n) is 11.5. The first-order valence-corrected chi connectivity index (χ1v) is 6.53. The molecule has 18 heavy (non-hydrogen) atoms. The molecular formula is C12H23N5O. The molecule has 1 fully saturated rings. The predicted molar refractivity (Wildman–Crippen MR) is 69.1 cm³/mol. The van der Waals surface area contributed by atoms with Gasteiger partial charge in [-0.1, -0.05) is 0 Å². The van der Waals surface area contributed by atoms with Gasteiger partial charge in [0.1, 0.15) is 12.2 Å². The highest BCUT2D eigenvalue weighted by molar-refractivity contribution is 4.92. The summed E-state index contributed by atoms with van der Waals surface area (Å²) in [4.78, 5) is 8.78. The molecule has 1 aliphatic rings. The van der Waals surface area contributed by atoms with Crippen molar-refractivity contribution in [2.75, 3.05) is 27.2 Å².